The molecule has 0 radical (unpaired) electrons. The third-order valence-electron chi connectivity index (χ3n) is 2.84. The van der Waals surface area contributed by atoms with Gasteiger partial charge in [0.05, 0.1) is 11.3 Å². The molecule has 0 saturated carbocycles. The SMILES string of the molecule is Cc1nc(N(C)CCCCCO)ccc1C(=O)O. The van der Waals surface area contributed by atoms with Crippen LogP contribution in [0.2, 0.25) is 0 Å². The Hall–Kier alpha value is -1.62. The van der Waals surface area contributed by atoms with Crippen molar-refractivity contribution in [3.05, 3.63) is 23.4 Å². The van der Waals surface area contributed by atoms with E-state index in [0.29, 0.717) is 5.69 Å². The monoisotopic (exact) mass is 252 g/mol. The molecule has 5 nitrogen and oxygen atoms in total. The van der Waals surface area contributed by atoms with Crippen LogP contribution >= 0.6 is 0 Å². The Morgan fingerprint density at radius 1 is 1.33 bits per heavy atom. The Bertz CT molecular complexity index is 407. The van der Waals surface area contributed by atoms with Gasteiger partial charge in [0.2, 0.25) is 0 Å². The number of aliphatic hydroxyl groups is 1. The van der Waals surface area contributed by atoms with E-state index in [4.69, 9.17) is 10.2 Å². The number of carboxylic acids is 1. The number of carboxylic acid groups (broad SMARTS) is 1. The zero-order chi connectivity index (χ0) is 13.5. The van der Waals surface area contributed by atoms with Crippen LogP contribution in [0.4, 0.5) is 5.82 Å². The van der Waals surface area contributed by atoms with E-state index in [9.17, 15) is 4.79 Å². The normalized spacial score (nSPS) is 10.4. The number of unbranched alkanes of at least 4 members (excludes halogenated alkanes) is 2. The third-order valence-corrected chi connectivity index (χ3v) is 2.84. The summed E-state index contributed by atoms with van der Waals surface area (Å²) in [5.74, 6) is -0.168. The fraction of sp³-hybridized carbons (Fsp3) is 0.538. The van der Waals surface area contributed by atoms with Crippen LogP contribution in [0.15, 0.2) is 12.1 Å². The molecule has 1 aromatic rings. The molecule has 2 N–H and O–H groups in total. The Balaban J connectivity index is 2.61. The van der Waals surface area contributed by atoms with Crippen LogP contribution in [0.25, 0.3) is 0 Å². The van der Waals surface area contributed by atoms with Gasteiger partial charge in [-0.1, -0.05) is 0 Å². The summed E-state index contributed by atoms with van der Waals surface area (Å²) in [5.41, 5.74) is 0.773. The number of hydrogen-bond donors (Lipinski definition) is 2. The Morgan fingerprint density at radius 2 is 2.06 bits per heavy atom. The average Bonchev–Trinajstić information content (AvgIpc) is 2.33. The number of nitrogens with zero attached hydrogens (tertiary/aromatic N) is 2. The molecular weight excluding hydrogens is 232 g/mol. The molecule has 0 saturated heterocycles. The van der Waals surface area contributed by atoms with Gasteiger partial charge in [-0.15, -0.1) is 0 Å². The maximum absolute atomic E-state index is 10.9. The van der Waals surface area contributed by atoms with Gasteiger partial charge >= 0.3 is 5.97 Å². The average molecular weight is 252 g/mol. The van der Waals surface area contributed by atoms with Gasteiger partial charge in [0, 0.05) is 20.2 Å². The number of rotatable bonds is 7. The van der Waals surface area contributed by atoms with E-state index in [1.54, 1.807) is 19.1 Å². The first-order chi connectivity index (χ1) is 8.56. The summed E-state index contributed by atoms with van der Waals surface area (Å²) in [6.07, 6.45) is 2.78. The van der Waals surface area contributed by atoms with E-state index < -0.39 is 5.97 Å². The van der Waals surface area contributed by atoms with Crippen LogP contribution < -0.4 is 4.90 Å². The van der Waals surface area contributed by atoms with Gasteiger partial charge in [0.25, 0.3) is 0 Å². The first-order valence-electron chi connectivity index (χ1n) is 6.09. The van der Waals surface area contributed by atoms with Gasteiger partial charge in [-0.2, -0.15) is 0 Å². The number of carbonyl (C=O) groups is 1. The molecule has 5 heteroatoms. The highest BCUT2D eigenvalue weighted by atomic mass is 16.4. The number of hydrogen-bond acceptors (Lipinski definition) is 4. The van der Waals surface area contributed by atoms with Gasteiger partial charge in [-0.25, -0.2) is 9.78 Å². The quantitative estimate of drug-likeness (QED) is 0.722. The van der Waals surface area contributed by atoms with Crippen molar-refractivity contribution in [1.29, 1.82) is 0 Å². The minimum Gasteiger partial charge on any atom is -0.478 e. The van der Waals surface area contributed by atoms with E-state index in [1.165, 1.54) is 0 Å². The van der Waals surface area contributed by atoms with E-state index in [0.717, 1.165) is 31.6 Å². The highest BCUT2D eigenvalue weighted by Gasteiger charge is 2.10. The van der Waals surface area contributed by atoms with Crippen LogP contribution in [0.1, 0.15) is 35.3 Å². The molecule has 100 valence electrons. The molecule has 0 bridgehead atoms. The summed E-state index contributed by atoms with van der Waals surface area (Å²) in [7, 11) is 1.93. The lowest BCUT2D eigenvalue weighted by Gasteiger charge is -2.18. The zero-order valence-corrected chi connectivity index (χ0v) is 10.9. The highest BCUT2D eigenvalue weighted by Crippen LogP contribution is 2.14. The van der Waals surface area contributed by atoms with Gasteiger partial charge in [-0.3, -0.25) is 0 Å². The summed E-state index contributed by atoms with van der Waals surface area (Å²) in [6.45, 7) is 2.78. The molecule has 0 amide bonds. The molecule has 0 aliphatic carbocycles. The number of anilines is 1. The van der Waals surface area contributed by atoms with E-state index in [-0.39, 0.29) is 12.2 Å². The fourth-order valence-corrected chi connectivity index (χ4v) is 1.74. The Morgan fingerprint density at radius 3 is 2.61 bits per heavy atom. The number of aliphatic hydroxyl groups excluding tert-OH is 1. The second-order valence-corrected chi connectivity index (χ2v) is 4.31. The first kappa shape index (κ1) is 14.4. The predicted octanol–water partition coefficient (Wildman–Crippen LogP) is 1.69. The van der Waals surface area contributed by atoms with Crippen molar-refractivity contribution in [1.82, 2.24) is 4.98 Å². The molecular formula is C13H20N2O3. The Kier molecular flexibility index (Phi) is 5.58. The van der Waals surface area contributed by atoms with Crippen LogP contribution in [0.3, 0.4) is 0 Å². The maximum atomic E-state index is 10.9. The van der Waals surface area contributed by atoms with Gasteiger partial charge in [-0.05, 0) is 38.3 Å². The molecule has 0 spiro atoms. The van der Waals surface area contributed by atoms with E-state index in [1.807, 2.05) is 11.9 Å². The topological polar surface area (TPSA) is 73.7 Å². The maximum Gasteiger partial charge on any atom is 0.337 e. The van der Waals surface area contributed by atoms with Crippen molar-refractivity contribution < 1.29 is 15.0 Å². The van der Waals surface area contributed by atoms with Crippen LogP contribution in [-0.4, -0.2) is 41.4 Å². The van der Waals surface area contributed by atoms with Crippen molar-refractivity contribution in [2.24, 2.45) is 0 Å². The summed E-state index contributed by atoms with van der Waals surface area (Å²) in [5, 5.41) is 17.6. The molecule has 0 atom stereocenters. The van der Waals surface area contributed by atoms with Crippen molar-refractivity contribution in [3.8, 4) is 0 Å². The second-order valence-electron chi connectivity index (χ2n) is 4.31. The summed E-state index contributed by atoms with van der Waals surface area (Å²) < 4.78 is 0. The second kappa shape index (κ2) is 6.96. The molecule has 1 rings (SSSR count). The molecule has 0 aliphatic rings. The molecule has 0 unspecified atom stereocenters. The Labute approximate surface area is 107 Å². The third kappa shape index (κ3) is 4.00. The summed E-state index contributed by atoms with van der Waals surface area (Å²) in [4.78, 5) is 17.2. The van der Waals surface area contributed by atoms with Crippen molar-refractivity contribution in [3.63, 3.8) is 0 Å². The largest absolute Gasteiger partial charge is 0.478 e. The van der Waals surface area contributed by atoms with Crippen molar-refractivity contribution in [2.75, 3.05) is 25.1 Å². The van der Waals surface area contributed by atoms with E-state index in [2.05, 4.69) is 4.98 Å². The molecule has 1 heterocycles. The minimum absolute atomic E-state index is 0.231. The number of aryl methyl sites for hydroxylation is 1. The van der Waals surface area contributed by atoms with E-state index >= 15 is 0 Å². The predicted molar refractivity (Wildman–Crippen MR) is 70.1 cm³/mol. The zero-order valence-electron chi connectivity index (χ0n) is 10.9. The molecule has 0 aromatic carbocycles. The number of pyridine rings is 1. The summed E-state index contributed by atoms with van der Waals surface area (Å²) in [6, 6.07) is 3.31. The molecule has 0 fully saturated rings. The number of aromatic nitrogens is 1. The minimum atomic E-state index is -0.947. The lowest BCUT2D eigenvalue weighted by molar-refractivity contribution is 0.0695. The molecule has 18 heavy (non-hydrogen) atoms. The van der Waals surface area contributed by atoms with Gasteiger partial charge < -0.3 is 15.1 Å². The van der Waals surface area contributed by atoms with Gasteiger partial charge in [0.1, 0.15) is 5.82 Å². The summed E-state index contributed by atoms with van der Waals surface area (Å²) >= 11 is 0. The lowest BCUT2D eigenvalue weighted by atomic mass is 10.2. The van der Waals surface area contributed by atoms with Gasteiger partial charge in [0.15, 0.2) is 0 Å². The van der Waals surface area contributed by atoms with Crippen molar-refractivity contribution >= 4 is 11.8 Å². The smallest absolute Gasteiger partial charge is 0.337 e. The van der Waals surface area contributed by atoms with Crippen molar-refractivity contribution in [2.45, 2.75) is 26.2 Å². The van der Waals surface area contributed by atoms with Crippen LogP contribution in [-0.2, 0) is 0 Å². The standard InChI is InChI=1S/C13H20N2O3/c1-10-11(13(17)18)6-7-12(14-10)15(2)8-4-3-5-9-16/h6-7,16H,3-5,8-9H2,1-2H3,(H,17,18). The molecule has 1 aromatic heterocycles. The highest BCUT2D eigenvalue weighted by molar-refractivity contribution is 5.89. The first-order valence-corrected chi connectivity index (χ1v) is 6.09. The lowest BCUT2D eigenvalue weighted by Crippen LogP contribution is -2.20. The van der Waals surface area contributed by atoms with Crippen LogP contribution in [0.5, 0.6) is 0 Å². The fourth-order valence-electron chi connectivity index (χ4n) is 1.74. The van der Waals surface area contributed by atoms with Crippen LogP contribution in [0, 0.1) is 6.92 Å². The number of aromatic carboxylic acids is 1. The molecule has 0 aliphatic heterocycles.